The summed E-state index contributed by atoms with van der Waals surface area (Å²) in [5.41, 5.74) is 0.149. The SMILES string of the molecule is O=C(CC12CC3CC(CC(C3)C1)C2)OCCCS(=O)(=O)[O-]. The average molecular weight is 315 g/mol. The van der Waals surface area contributed by atoms with Gasteiger partial charge in [-0.2, -0.15) is 0 Å². The minimum Gasteiger partial charge on any atom is -0.748 e. The number of hydrogen-bond acceptors (Lipinski definition) is 5. The van der Waals surface area contributed by atoms with Crippen molar-refractivity contribution in [3.8, 4) is 0 Å². The molecule has 0 spiro atoms. The maximum absolute atomic E-state index is 12.0. The highest BCUT2D eigenvalue weighted by atomic mass is 32.2. The Hall–Kier alpha value is -0.620. The lowest BCUT2D eigenvalue weighted by molar-refractivity contribution is -0.152. The normalized spacial score (nSPS) is 37.7. The van der Waals surface area contributed by atoms with Gasteiger partial charge in [-0.15, -0.1) is 0 Å². The van der Waals surface area contributed by atoms with Crippen LogP contribution in [0.2, 0.25) is 0 Å². The molecule has 4 rings (SSSR count). The van der Waals surface area contributed by atoms with Gasteiger partial charge in [0.2, 0.25) is 0 Å². The predicted octanol–water partition coefficient (Wildman–Crippen LogP) is 2.07. The van der Waals surface area contributed by atoms with Gasteiger partial charge in [0.25, 0.3) is 0 Å². The molecule has 4 saturated carbocycles. The van der Waals surface area contributed by atoms with Crippen LogP contribution in [0.5, 0.6) is 0 Å². The zero-order valence-corrected chi connectivity index (χ0v) is 13.1. The molecule has 5 nitrogen and oxygen atoms in total. The van der Waals surface area contributed by atoms with Crippen LogP contribution in [-0.4, -0.2) is 31.3 Å². The molecule has 0 unspecified atom stereocenters. The number of ether oxygens (including phenoxy) is 1. The topological polar surface area (TPSA) is 83.5 Å². The average Bonchev–Trinajstić information content (AvgIpc) is 2.31. The number of carbonyl (C=O) groups is 1. The Morgan fingerprint density at radius 2 is 1.62 bits per heavy atom. The van der Waals surface area contributed by atoms with Crippen LogP contribution < -0.4 is 0 Å². The lowest BCUT2D eigenvalue weighted by atomic mass is 9.49. The Morgan fingerprint density at radius 3 is 2.10 bits per heavy atom. The van der Waals surface area contributed by atoms with Crippen molar-refractivity contribution in [2.45, 2.75) is 51.4 Å². The minimum atomic E-state index is -4.21. The van der Waals surface area contributed by atoms with Crippen molar-refractivity contribution >= 4 is 16.1 Å². The molecule has 0 aromatic rings. The second kappa shape index (κ2) is 5.54. The lowest BCUT2D eigenvalue weighted by Gasteiger charge is -2.56. The van der Waals surface area contributed by atoms with E-state index in [-0.39, 0.29) is 24.4 Å². The fourth-order valence-corrected chi connectivity index (χ4v) is 5.76. The van der Waals surface area contributed by atoms with Crippen molar-refractivity contribution in [1.82, 2.24) is 0 Å². The van der Waals surface area contributed by atoms with E-state index in [9.17, 15) is 17.8 Å². The Morgan fingerprint density at radius 1 is 1.10 bits per heavy atom. The molecule has 4 aliphatic carbocycles. The van der Waals surface area contributed by atoms with Crippen molar-refractivity contribution in [2.75, 3.05) is 12.4 Å². The summed E-state index contributed by atoms with van der Waals surface area (Å²) in [5.74, 6) is 1.72. The Kier molecular flexibility index (Phi) is 4.03. The predicted molar refractivity (Wildman–Crippen MR) is 75.4 cm³/mol. The van der Waals surface area contributed by atoms with Crippen LogP contribution in [0, 0.1) is 23.2 Å². The molecule has 0 atom stereocenters. The highest BCUT2D eigenvalue weighted by Crippen LogP contribution is 2.61. The van der Waals surface area contributed by atoms with Crippen molar-refractivity contribution in [2.24, 2.45) is 23.2 Å². The summed E-state index contributed by atoms with van der Waals surface area (Å²) in [7, 11) is -4.21. The highest BCUT2D eigenvalue weighted by molar-refractivity contribution is 7.85. The monoisotopic (exact) mass is 315 g/mol. The van der Waals surface area contributed by atoms with Crippen molar-refractivity contribution in [3.63, 3.8) is 0 Å². The summed E-state index contributed by atoms with van der Waals surface area (Å²) in [6.45, 7) is 0.0344. The van der Waals surface area contributed by atoms with Crippen LogP contribution >= 0.6 is 0 Å². The van der Waals surface area contributed by atoms with E-state index in [4.69, 9.17) is 4.74 Å². The molecular formula is C15H23O5S-. The fourth-order valence-electron chi connectivity index (χ4n) is 5.29. The van der Waals surface area contributed by atoms with Gasteiger partial charge in [-0.05, 0) is 68.1 Å². The summed E-state index contributed by atoms with van der Waals surface area (Å²) in [6, 6.07) is 0. The van der Waals surface area contributed by atoms with Crippen LogP contribution in [0.4, 0.5) is 0 Å². The number of esters is 1. The molecule has 0 aromatic carbocycles. The third-order valence-electron chi connectivity index (χ3n) is 5.49. The molecule has 4 fully saturated rings. The van der Waals surface area contributed by atoms with Crippen molar-refractivity contribution in [3.05, 3.63) is 0 Å². The maximum Gasteiger partial charge on any atom is 0.306 e. The van der Waals surface area contributed by atoms with Gasteiger partial charge < -0.3 is 9.29 Å². The smallest absolute Gasteiger partial charge is 0.306 e. The molecular weight excluding hydrogens is 292 g/mol. The molecule has 4 aliphatic rings. The van der Waals surface area contributed by atoms with Crippen LogP contribution in [0.15, 0.2) is 0 Å². The van der Waals surface area contributed by atoms with Gasteiger partial charge >= 0.3 is 5.97 Å². The molecule has 120 valence electrons. The second-order valence-corrected chi connectivity index (χ2v) is 8.95. The quantitative estimate of drug-likeness (QED) is 0.425. The lowest BCUT2D eigenvalue weighted by Crippen LogP contribution is -2.47. The molecule has 21 heavy (non-hydrogen) atoms. The number of rotatable bonds is 6. The molecule has 0 amide bonds. The van der Waals surface area contributed by atoms with E-state index >= 15 is 0 Å². The zero-order chi connectivity index (χ0) is 15.1. The Balaban J connectivity index is 1.47. The first kappa shape index (κ1) is 15.3. The second-order valence-electron chi connectivity index (χ2n) is 7.43. The fraction of sp³-hybridized carbons (Fsp3) is 0.933. The van der Waals surface area contributed by atoms with Crippen LogP contribution in [0.25, 0.3) is 0 Å². The molecule has 6 heteroatoms. The molecule has 0 aromatic heterocycles. The van der Waals surface area contributed by atoms with E-state index in [2.05, 4.69) is 0 Å². The van der Waals surface area contributed by atoms with Gasteiger partial charge in [0.05, 0.1) is 23.1 Å². The van der Waals surface area contributed by atoms with Gasteiger partial charge in [0.1, 0.15) is 0 Å². The van der Waals surface area contributed by atoms with Gasteiger partial charge in [0.15, 0.2) is 0 Å². The summed E-state index contributed by atoms with van der Waals surface area (Å²) >= 11 is 0. The molecule has 0 radical (unpaired) electrons. The highest BCUT2D eigenvalue weighted by Gasteiger charge is 2.51. The molecule has 0 N–H and O–H groups in total. The Labute approximate surface area is 126 Å². The summed E-state index contributed by atoms with van der Waals surface area (Å²) in [6.07, 6.45) is 8.06. The number of carbonyl (C=O) groups excluding carboxylic acids is 1. The first-order valence-corrected chi connectivity index (χ1v) is 9.50. The van der Waals surface area contributed by atoms with E-state index in [1.165, 1.54) is 19.3 Å². The van der Waals surface area contributed by atoms with Gasteiger partial charge in [-0.25, -0.2) is 8.42 Å². The van der Waals surface area contributed by atoms with Gasteiger partial charge in [-0.3, -0.25) is 4.79 Å². The van der Waals surface area contributed by atoms with E-state index in [1.54, 1.807) is 0 Å². The largest absolute Gasteiger partial charge is 0.748 e. The molecule has 0 saturated heterocycles. The maximum atomic E-state index is 12.0. The van der Waals surface area contributed by atoms with Crippen LogP contribution in [0.3, 0.4) is 0 Å². The first-order valence-electron chi connectivity index (χ1n) is 7.93. The minimum absolute atomic E-state index is 0.0344. The molecule has 0 aliphatic heterocycles. The summed E-state index contributed by atoms with van der Waals surface area (Å²) in [5, 5.41) is 0. The summed E-state index contributed by atoms with van der Waals surface area (Å²) in [4.78, 5) is 12.0. The molecule has 0 heterocycles. The first-order chi connectivity index (χ1) is 9.84. The van der Waals surface area contributed by atoms with E-state index in [1.807, 2.05) is 0 Å². The number of hydrogen-bond donors (Lipinski definition) is 0. The van der Waals surface area contributed by atoms with E-state index < -0.39 is 15.9 Å². The van der Waals surface area contributed by atoms with E-state index in [0.717, 1.165) is 37.0 Å². The standard InChI is InChI=1S/C15H24O5S/c16-14(20-2-1-3-21(17,18)19)10-15-7-11-4-12(8-15)6-13(5-11)9-15/h11-13H,1-10H2,(H,17,18,19)/p-1. The van der Waals surface area contributed by atoms with Crippen LogP contribution in [-0.2, 0) is 19.6 Å². The third kappa shape index (κ3) is 3.77. The van der Waals surface area contributed by atoms with Crippen molar-refractivity contribution in [1.29, 1.82) is 0 Å². The third-order valence-corrected chi connectivity index (χ3v) is 6.27. The van der Waals surface area contributed by atoms with Crippen molar-refractivity contribution < 1.29 is 22.5 Å². The Bertz CT molecular complexity index is 475. The molecule has 4 bridgehead atoms. The van der Waals surface area contributed by atoms with Gasteiger partial charge in [-0.1, -0.05) is 0 Å². The zero-order valence-electron chi connectivity index (χ0n) is 12.3. The van der Waals surface area contributed by atoms with E-state index in [0.29, 0.717) is 6.42 Å². The summed E-state index contributed by atoms with van der Waals surface area (Å²) < 4.78 is 36.6. The van der Waals surface area contributed by atoms with Crippen LogP contribution in [0.1, 0.15) is 51.4 Å². The van der Waals surface area contributed by atoms with Gasteiger partial charge in [0, 0.05) is 5.75 Å².